The molecule has 1 amide bonds. The molecule has 1 heterocycles. The fourth-order valence-electron chi connectivity index (χ4n) is 3.01. The van der Waals surface area contributed by atoms with Crippen LogP contribution in [0.2, 0.25) is 5.02 Å². The van der Waals surface area contributed by atoms with E-state index in [0.717, 1.165) is 25.0 Å². The molecule has 1 fully saturated rings. The van der Waals surface area contributed by atoms with Crippen molar-refractivity contribution in [2.45, 2.75) is 31.9 Å². The van der Waals surface area contributed by atoms with Gasteiger partial charge in [-0.05, 0) is 61.7 Å². The lowest BCUT2D eigenvalue weighted by Gasteiger charge is -2.15. The molecule has 2 atom stereocenters. The molecule has 0 aromatic heterocycles. The van der Waals surface area contributed by atoms with E-state index in [4.69, 9.17) is 25.8 Å². The van der Waals surface area contributed by atoms with E-state index >= 15 is 0 Å². The van der Waals surface area contributed by atoms with E-state index in [0.29, 0.717) is 22.9 Å². The molecule has 29 heavy (non-hydrogen) atoms. The molecule has 0 radical (unpaired) electrons. The molecule has 0 saturated carbocycles. The smallest absolute Gasteiger partial charge is 0.338 e. The van der Waals surface area contributed by atoms with Crippen molar-refractivity contribution in [1.82, 2.24) is 5.32 Å². The first kappa shape index (κ1) is 21.1. The number of hydrogen-bond acceptors (Lipinski definition) is 5. The first-order chi connectivity index (χ1) is 14.0. The number of hydrogen-bond donors (Lipinski definition) is 1. The molecule has 0 aliphatic carbocycles. The van der Waals surface area contributed by atoms with Gasteiger partial charge in [-0.1, -0.05) is 23.7 Å². The molecule has 1 saturated heterocycles. The molecule has 0 spiro atoms. The normalized spacial score (nSPS) is 16.8. The summed E-state index contributed by atoms with van der Waals surface area (Å²) in [5, 5.41) is 3.37. The van der Waals surface area contributed by atoms with Crippen LogP contribution in [0.3, 0.4) is 0 Å². The third kappa shape index (κ3) is 6.48. The van der Waals surface area contributed by atoms with E-state index < -0.39 is 5.97 Å². The van der Waals surface area contributed by atoms with Gasteiger partial charge in [-0.3, -0.25) is 4.79 Å². The average Bonchev–Trinajstić information content (AvgIpc) is 3.24. The molecule has 1 aliphatic heterocycles. The summed E-state index contributed by atoms with van der Waals surface area (Å²) in [4.78, 5) is 24.2. The summed E-state index contributed by atoms with van der Waals surface area (Å²) in [7, 11) is 0. The molecule has 2 aromatic rings. The minimum absolute atomic E-state index is 0.132. The summed E-state index contributed by atoms with van der Waals surface area (Å²) in [5.41, 5.74) is 1.22. The van der Waals surface area contributed by atoms with Gasteiger partial charge in [0.2, 0.25) is 0 Å². The Morgan fingerprint density at radius 1 is 1.24 bits per heavy atom. The van der Waals surface area contributed by atoms with Crippen LogP contribution in [-0.2, 0) is 14.3 Å². The van der Waals surface area contributed by atoms with Crippen molar-refractivity contribution in [2.75, 3.05) is 19.8 Å². The molecule has 0 unspecified atom stereocenters. The van der Waals surface area contributed by atoms with E-state index in [1.165, 1.54) is 0 Å². The van der Waals surface area contributed by atoms with E-state index in [2.05, 4.69) is 5.32 Å². The van der Waals surface area contributed by atoms with Crippen molar-refractivity contribution in [1.29, 1.82) is 0 Å². The highest BCUT2D eigenvalue weighted by molar-refractivity contribution is 6.30. The third-order valence-corrected chi connectivity index (χ3v) is 4.85. The van der Waals surface area contributed by atoms with Crippen LogP contribution in [0.5, 0.6) is 5.75 Å². The number of carbonyl (C=O) groups is 2. The quantitative estimate of drug-likeness (QED) is 0.659. The van der Waals surface area contributed by atoms with Crippen LogP contribution < -0.4 is 10.1 Å². The van der Waals surface area contributed by atoms with Gasteiger partial charge in [0, 0.05) is 11.6 Å². The first-order valence-corrected chi connectivity index (χ1v) is 9.95. The summed E-state index contributed by atoms with van der Waals surface area (Å²) >= 11 is 5.96. The van der Waals surface area contributed by atoms with E-state index in [9.17, 15) is 9.59 Å². The standard InChI is InChI=1S/C22H24ClNO5/c1-15(17-4-2-5-18(23)12-17)24-21(25)14-29-22(26)16-7-9-19(10-8-16)28-13-20-6-3-11-27-20/h2,4-5,7-10,12,15,20H,3,6,11,13-14H2,1H3,(H,24,25)/t15-,20-/m1/s1. The number of nitrogens with one attached hydrogen (secondary N) is 1. The molecular formula is C22H24ClNO5. The van der Waals surface area contributed by atoms with Crippen molar-refractivity contribution < 1.29 is 23.8 Å². The third-order valence-electron chi connectivity index (χ3n) is 4.61. The molecule has 3 rings (SSSR count). The number of halogens is 1. The lowest BCUT2D eigenvalue weighted by molar-refractivity contribution is -0.124. The number of rotatable bonds is 8. The van der Waals surface area contributed by atoms with Crippen LogP contribution >= 0.6 is 11.6 Å². The molecule has 2 aromatic carbocycles. The highest BCUT2D eigenvalue weighted by atomic mass is 35.5. The van der Waals surface area contributed by atoms with Gasteiger partial charge in [0.05, 0.1) is 17.7 Å². The van der Waals surface area contributed by atoms with Crippen molar-refractivity contribution in [3.63, 3.8) is 0 Å². The van der Waals surface area contributed by atoms with Crippen LogP contribution in [0.15, 0.2) is 48.5 Å². The Morgan fingerprint density at radius 2 is 2.03 bits per heavy atom. The first-order valence-electron chi connectivity index (χ1n) is 9.57. The van der Waals surface area contributed by atoms with Crippen LogP contribution in [-0.4, -0.2) is 37.8 Å². The summed E-state index contributed by atoms with van der Waals surface area (Å²) in [6.45, 7) is 2.75. The van der Waals surface area contributed by atoms with Crippen LogP contribution in [0, 0.1) is 0 Å². The zero-order valence-corrected chi connectivity index (χ0v) is 17.0. The van der Waals surface area contributed by atoms with Crippen LogP contribution in [0.1, 0.15) is 41.7 Å². The van der Waals surface area contributed by atoms with Gasteiger partial charge >= 0.3 is 5.97 Å². The maximum atomic E-state index is 12.1. The second-order valence-electron chi connectivity index (χ2n) is 6.89. The molecule has 1 aliphatic rings. The molecule has 7 heteroatoms. The fraction of sp³-hybridized carbons (Fsp3) is 0.364. The molecular weight excluding hydrogens is 394 g/mol. The van der Waals surface area contributed by atoms with E-state index in [1.54, 1.807) is 36.4 Å². The maximum absolute atomic E-state index is 12.1. The van der Waals surface area contributed by atoms with E-state index in [1.807, 2.05) is 19.1 Å². The summed E-state index contributed by atoms with van der Waals surface area (Å²) in [6.07, 6.45) is 2.19. The maximum Gasteiger partial charge on any atom is 0.338 e. The van der Waals surface area contributed by atoms with Gasteiger partial charge in [0.25, 0.3) is 5.91 Å². The zero-order chi connectivity index (χ0) is 20.6. The number of ether oxygens (including phenoxy) is 3. The molecule has 0 bridgehead atoms. The number of carbonyl (C=O) groups excluding carboxylic acids is 2. The lowest BCUT2D eigenvalue weighted by Crippen LogP contribution is -2.31. The van der Waals surface area contributed by atoms with Crippen LogP contribution in [0.25, 0.3) is 0 Å². The number of esters is 1. The van der Waals surface area contributed by atoms with Crippen molar-refractivity contribution in [3.05, 3.63) is 64.7 Å². The Bertz CT molecular complexity index is 833. The average molecular weight is 418 g/mol. The Morgan fingerprint density at radius 3 is 2.72 bits per heavy atom. The van der Waals surface area contributed by atoms with Gasteiger partial charge in [0.1, 0.15) is 12.4 Å². The molecule has 154 valence electrons. The number of benzene rings is 2. The zero-order valence-electron chi connectivity index (χ0n) is 16.2. The van der Waals surface area contributed by atoms with E-state index in [-0.39, 0.29) is 24.7 Å². The minimum Gasteiger partial charge on any atom is -0.491 e. The SMILES string of the molecule is C[C@@H](NC(=O)COC(=O)c1ccc(OC[C@H]2CCCO2)cc1)c1cccc(Cl)c1. The van der Waals surface area contributed by atoms with Crippen molar-refractivity contribution in [2.24, 2.45) is 0 Å². The molecule has 6 nitrogen and oxygen atoms in total. The highest BCUT2D eigenvalue weighted by Crippen LogP contribution is 2.18. The second-order valence-corrected chi connectivity index (χ2v) is 7.33. The summed E-state index contributed by atoms with van der Waals surface area (Å²) < 4.78 is 16.3. The highest BCUT2D eigenvalue weighted by Gasteiger charge is 2.16. The fourth-order valence-corrected chi connectivity index (χ4v) is 3.21. The predicted molar refractivity (Wildman–Crippen MR) is 109 cm³/mol. The van der Waals surface area contributed by atoms with Crippen molar-refractivity contribution >= 4 is 23.5 Å². The second kappa shape index (κ2) is 10.3. The molecule has 1 N–H and O–H groups in total. The lowest BCUT2D eigenvalue weighted by atomic mass is 10.1. The largest absolute Gasteiger partial charge is 0.491 e. The predicted octanol–water partition coefficient (Wildman–Crippen LogP) is 3.93. The van der Waals surface area contributed by atoms with Gasteiger partial charge in [-0.25, -0.2) is 4.79 Å². The van der Waals surface area contributed by atoms with Gasteiger partial charge in [-0.15, -0.1) is 0 Å². The number of amides is 1. The Balaban J connectivity index is 1.42. The Labute approximate surface area is 175 Å². The topological polar surface area (TPSA) is 73.9 Å². The van der Waals surface area contributed by atoms with Crippen LogP contribution in [0.4, 0.5) is 0 Å². The summed E-state index contributed by atoms with van der Waals surface area (Å²) in [5.74, 6) is -0.297. The minimum atomic E-state index is -0.568. The van der Waals surface area contributed by atoms with Gasteiger partial charge in [-0.2, -0.15) is 0 Å². The van der Waals surface area contributed by atoms with Crippen molar-refractivity contribution in [3.8, 4) is 5.75 Å². The monoisotopic (exact) mass is 417 g/mol. The van der Waals surface area contributed by atoms with Gasteiger partial charge < -0.3 is 19.5 Å². The Kier molecular flexibility index (Phi) is 7.49. The van der Waals surface area contributed by atoms with Gasteiger partial charge in [0.15, 0.2) is 6.61 Å². The Hall–Kier alpha value is -2.57. The summed E-state index contributed by atoms with van der Waals surface area (Å²) in [6, 6.07) is 13.6.